The van der Waals surface area contributed by atoms with Gasteiger partial charge in [0.05, 0.1) is 11.4 Å². The number of hydrogen-bond acceptors (Lipinski definition) is 2. The van der Waals surface area contributed by atoms with Gasteiger partial charge in [-0.05, 0) is 25.1 Å². The molecule has 0 saturated carbocycles. The molecular formula is C16H16ClFN2O. The third-order valence-corrected chi connectivity index (χ3v) is 3.00. The SMILES string of the molecule is Cc1cc(COc2cc(F)cc(C#CCCCl)c2)n(C)n1. The van der Waals surface area contributed by atoms with E-state index in [1.807, 2.05) is 20.0 Å². The normalized spacial score (nSPS) is 10.1. The van der Waals surface area contributed by atoms with Crippen LogP contribution < -0.4 is 4.74 Å². The van der Waals surface area contributed by atoms with Gasteiger partial charge in [-0.1, -0.05) is 11.8 Å². The van der Waals surface area contributed by atoms with Crippen LogP contribution in [-0.2, 0) is 13.7 Å². The highest BCUT2D eigenvalue weighted by atomic mass is 35.5. The zero-order valence-electron chi connectivity index (χ0n) is 12.0. The van der Waals surface area contributed by atoms with E-state index in [1.165, 1.54) is 12.1 Å². The molecule has 1 heterocycles. The van der Waals surface area contributed by atoms with Gasteiger partial charge in [0.15, 0.2) is 0 Å². The lowest BCUT2D eigenvalue weighted by atomic mass is 10.2. The highest BCUT2D eigenvalue weighted by Crippen LogP contribution is 2.17. The van der Waals surface area contributed by atoms with E-state index in [1.54, 1.807) is 10.7 Å². The molecule has 2 rings (SSSR count). The van der Waals surface area contributed by atoms with Gasteiger partial charge in [0.1, 0.15) is 18.2 Å². The van der Waals surface area contributed by atoms with Crippen LogP contribution in [0.3, 0.4) is 0 Å². The molecule has 110 valence electrons. The molecule has 0 aliphatic heterocycles. The lowest BCUT2D eigenvalue weighted by Crippen LogP contribution is -2.03. The number of aromatic nitrogens is 2. The van der Waals surface area contributed by atoms with Crippen molar-refractivity contribution in [2.24, 2.45) is 7.05 Å². The molecule has 0 fully saturated rings. The average Bonchev–Trinajstić information content (AvgIpc) is 2.74. The first kappa shape index (κ1) is 15.4. The van der Waals surface area contributed by atoms with Crippen molar-refractivity contribution >= 4 is 11.6 Å². The molecular weight excluding hydrogens is 291 g/mol. The van der Waals surface area contributed by atoms with Crippen molar-refractivity contribution in [3.63, 3.8) is 0 Å². The Kier molecular flexibility index (Phi) is 5.24. The second-order valence-corrected chi connectivity index (χ2v) is 4.98. The summed E-state index contributed by atoms with van der Waals surface area (Å²) in [5.74, 6) is 6.28. The molecule has 1 aromatic carbocycles. The first-order valence-corrected chi connectivity index (χ1v) is 7.09. The molecule has 5 heteroatoms. The lowest BCUT2D eigenvalue weighted by molar-refractivity contribution is 0.293. The van der Waals surface area contributed by atoms with Crippen molar-refractivity contribution in [2.45, 2.75) is 20.0 Å². The van der Waals surface area contributed by atoms with Gasteiger partial charge < -0.3 is 4.74 Å². The molecule has 0 aliphatic rings. The van der Waals surface area contributed by atoms with E-state index in [0.717, 1.165) is 11.4 Å². The Morgan fingerprint density at radius 3 is 2.81 bits per heavy atom. The molecule has 0 N–H and O–H groups in total. The van der Waals surface area contributed by atoms with Crippen molar-refractivity contribution in [2.75, 3.05) is 5.88 Å². The fourth-order valence-electron chi connectivity index (χ4n) is 1.89. The number of benzene rings is 1. The fraction of sp³-hybridized carbons (Fsp3) is 0.312. The summed E-state index contributed by atoms with van der Waals surface area (Å²) in [6, 6.07) is 6.37. The van der Waals surface area contributed by atoms with Crippen LogP contribution in [0.4, 0.5) is 4.39 Å². The van der Waals surface area contributed by atoms with Gasteiger partial charge in [0.25, 0.3) is 0 Å². The van der Waals surface area contributed by atoms with Crippen molar-refractivity contribution < 1.29 is 9.13 Å². The number of rotatable bonds is 4. The molecule has 2 aromatic rings. The highest BCUT2D eigenvalue weighted by molar-refractivity contribution is 6.18. The van der Waals surface area contributed by atoms with Gasteiger partial charge in [0, 0.05) is 31.0 Å². The minimum absolute atomic E-state index is 0.329. The maximum atomic E-state index is 13.6. The van der Waals surface area contributed by atoms with E-state index in [4.69, 9.17) is 16.3 Å². The Bertz CT molecular complexity index is 685. The molecule has 3 nitrogen and oxygen atoms in total. The minimum Gasteiger partial charge on any atom is -0.487 e. The number of ether oxygens (including phenoxy) is 1. The van der Waals surface area contributed by atoms with Crippen molar-refractivity contribution in [3.8, 4) is 17.6 Å². The Hall–Kier alpha value is -1.99. The predicted octanol–water partition coefficient (Wildman–Crippen LogP) is 3.43. The summed E-state index contributed by atoms with van der Waals surface area (Å²) in [6.45, 7) is 2.24. The van der Waals surface area contributed by atoms with Crippen molar-refractivity contribution in [1.29, 1.82) is 0 Å². The summed E-state index contributed by atoms with van der Waals surface area (Å²) in [4.78, 5) is 0. The summed E-state index contributed by atoms with van der Waals surface area (Å²) in [7, 11) is 1.85. The number of aryl methyl sites for hydroxylation is 2. The van der Waals surface area contributed by atoms with Crippen LogP contribution in [-0.4, -0.2) is 15.7 Å². The van der Waals surface area contributed by atoms with Crippen LogP contribution in [0.2, 0.25) is 0 Å². The van der Waals surface area contributed by atoms with E-state index in [0.29, 0.717) is 30.2 Å². The second kappa shape index (κ2) is 7.14. The predicted molar refractivity (Wildman–Crippen MR) is 80.9 cm³/mol. The van der Waals surface area contributed by atoms with Crippen LogP contribution in [0.15, 0.2) is 24.3 Å². The molecule has 1 aromatic heterocycles. The smallest absolute Gasteiger partial charge is 0.130 e. The molecule has 0 radical (unpaired) electrons. The summed E-state index contributed by atoms with van der Waals surface area (Å²) in [5, 5.41) is 4.24. The van der Waals surface area contributed by atoms with E-state index in [-0.39, 0.29) is 5.82 Å². The van der Waals surface area contributed by atoms with Crippen LogP contribution >= 0.6 is 11.6 Å². The van der Waals surface area contributed by atoms with Crippen molar-refractivity contribution in [1.82, 2.24) is 9.78 Å². The van der Waals surface area contributed by atoms with Crippen LogP contribution in [0.5, 0.6) is 5.75 Å². The topological polar surface area (TPSA) is 27.1 Å². The first-order valence-electron chi connectivity index (χ1n) is 6.56. The Morgan fingerprint density at radius 2 is 2.14 bits per heavy atom. The molecule has 21 heavy (non-hydrogen) atoms. The van der Waals surface area contributed by atoms with E-state index in [2.05, 4.69) is 16.9 Å². The van der Waals surface area contributed by atoms with E-state index < -0.39 is 0 Å². The molecule has 0 bridgehead atoms. The monoisotopic (exact) mass is 306 g/mol. The van der Waals surface area contributed by atoms with Crippen LogP contribution in [0.1, 0.15) is 23.4 Å². The molecule has 0 atom stereocenters. The zero-order chi connectivity index (χ0) is 15.2. The van der Waals surface area contributed by atoms with Gasteiger partial charge in [0.2, 0.25) is 0 Å². The lowest BCUT2D eigenvalue weighted by Gasteiger charge is -2.07. The summed E-state index contributed by atoms with van der Waals surface area (Å²) in [6.07, 6.45) is 0.572. The molecule has 0 amide bonds. The third kappa shape index (κ3) is 4.51. The summed E-state index contributed by atoms with van der Waals surface area (Å²) < 4.78 is 20.9. The van der Waals surface area contributed by atoms with Gasteiger partial charge >= 0.3 is 0 Å². The van der Waals surface area contributed by atoms with Crippen molar-refractivity contribution in [3.05, 3.63) is 47.0 Å². The maximum Gasteiger partial charge on any atom is 0.130 e. The minimum atomic E-state index is -0.371. The Morgan fingerprint density at radius 1 is 1.33 bits per heavy atom. The van der Waals surface area contributed by atoms with Gasteiger partial charge in [-0.3, -0.25) is 4.68 Å². The molecule has 0 unspecified atom stereocenters. The van der Waals surface area contributed by atoms with Gasteiger partial charge in [-0.25, -0.2) is 4.39 Å². The zero-order valence-corrected chi connectivity index (χ0v) is 12.7. The highest BCUT2D eigenvalue weighted by Gasteiger charge is 2.05. The molecule has 0 aliphatic carbocycles. The number of hydrogen-bond donors (Lipinski definition) is 0. The average molecular weight is 307 g/mol. The summed E-state index contributed by atoms with van der Waals surface area (Å²) in [5.41, 5.74) is 2.42. The standard InChI is InChI=1S/C16H16ClFN2O/c1-12-7-15(20(2)19-12)11-21-16-9-13(5-3-4-6-17)8-14(18)10-16/h7-10H,4,6,11H2,1-2H3. The second-order valence-electron chi connectivity index (χ2n) is 4.61. The summed E-state index contributed by atoms with van der Waals surface area (Å²) >= 11 is 5.56. The number of nitrogens with zero attached hydrogens (tertiary/aromatic N) is 2. The van der Waals surface area contributed by atoms with E-state index >= 15 is 0 Å². The first-order chi connectivity index (χ1) is 10.1. The number of halogens is 2. The maximum absolute atomic E-state index is 13.6. The third-order valence-electron chi connectivity index (χ3n) is 2.81. The quantitative estimate of drug-likeness (QED) is 0.639. The Labute approximate surface area is 128 Å². The fourth-order valence-corrected chi connectivity index (χ4v) is 1.98. The number of alkyl halides is 1. The van der Waals surface area contributed by atoms with Gasteiger partial charge in [-0.2, -0.15) is 5.10 Å². The largest absolute Gasteiger partial charge is 0.487 e. The Balaban J connectivity index is 2.10. The molecule has 0 saturated heterocycles. The van der Waals surface area contributed by atoms with E-state index in [9.17, 15) is 4.39 Å². The van der Waals surface area contributed by atoms with Crippen LogP contribution in [0, 0.1) is 24.6 Å². The molecule has 0 spiro atoms. The van der Waals surface area contributed by atoms with Gasteiger partial charge in [-0.15, -0.1) is 11.6 Å². The van der Waals surface area contributed by atoms with Crippen LogP contribution in [0.25, 0.3) is 0 Å².